The minimum atomic E-state index is -3.60. The Morgan fingerprint density at radius 3 is 2.40 bits per heavy atom. The average Bonchev–Trinajstić information content (AvgIpc) is 2.16. The van der Waals surface area contributed by atoms with Gasteiger partial charge >= 0.3 is 0 Å². The summed E-state index contributed by atoms with van der Waals surface area (Å²) in [5, 5.41) is 10.1. The van der Waals surface area contributed by atoms with Crippen LogP contribution < -0.4 is 9.83 Å². The number of hydrogen-bond acceptors (Lipinski definition) is 4. The normalized spacial score (nSPS) is 10.9. The van der Waals surface area contributed by atoms with Crippen LogP contribution in [0.1, 0.15) is 6.42 Å². The SMILES string of the molecule is O=C([O-])CCS(=O)(=O)Nc1ccccc1. The topological polar surface area (TPSA) is 86.3 Å². The summed E-state index contributed by atoms with van der Waals surface area (Å²) in [6.07, 6.45) is -0.512. The molecule has 1 aromatic rings. The van der Waals surface area contributed by atoms with Gasteiger partial charge in [-0.15, -0.1) is 0 Å². The molecule has 0 saturated heterocycles. The van der Waals surface area contributed by atoms with Gasteiger partial charge in [0.2, 0.25) is 10.0 Å². The van der Waals surface area contributed by atoms with E-state index in [1.54, 1.807) is 30.3 Å². The predicted octanol–water partition coefficient (Wildman–Crippen LogP) is -0.432. The summed E-state index contributed by atoms with van der Waals surface area (Å²) in [5.74, 6) is -1.86. The fourth-order valence-corrected chi connectivity index (χ4v) is 1.99. The van der Waals surface area contributed by atoms with Crippen LogP contribution in [-0.2, 0) is 14.8 Å². The van der Waals surface area contributed by atoms with E-state index in [1.807, 2.05) is 0 Å². The maximum atomic E-state index is 11.3. The molecule has 0 unspecified atom stereocenters. The first-order chi connectivity index (χ1) is 6.99. The van der Waals surface area contributed by atoms with E-state index in [0.29, 0.717) is 5.69 Å². The number of carbonyl (C=O) groups is 1. The van der Waals surface area contributed by atoms with Crippen LogP contribution in [0.15, 0.2) is 30.3 Å². The zero-order valence-corrected chi connectivity index (χ0v) is 8.66. The van der Waals surface area contributed by atoms with Gasteiger partial charge in [-0.1, -0.05) is 18.2 Å². The summed E-state index contributed by atoms with van der Waals surface area (Å²) in [5.41, 5.74) is 0.413. The van der Waals surface area contributed by atoms with Crippen LogP contribution in [0.3, 0.4) is 0 Å². The van der Waals surface area contributed by atoms with Crippen LogP contribution in [-0.4, -0.2) is 20.1 Å². The van der Waals surface area contributed by atoms with E-state index in [9.17, 15) is 18.3 Å². The van der Waals surface area contributed by atoms with Crippen molar-refractivity contribution < 1.29 is 18.3 Å². The zero-order valence-electron chi connectivity index (χ0n) is 7.84. The second kappa shape index (κ2) is 4.79. The van der Waals surface area contributed by atoms with Crippen molar-refractivity contribution in [3.8, 4) is 0 Å². The molecule has 0 fully saturated rings. The molecule has 6 heteroatoms. The summed E-state index contributed by atoms with van der Waals surface area (Å²) in [6.45, 7) is 0. The number of sulfonamides is 1. The molecule has 0 aliphatic rings. The van der Waals surface area contributed by atoms with Crippen LogP contribution in [0.4, 0.5) is 5.69 Å². The summed E-state index contributed by atoms with van der Waals surface area (Å²) in [7, 11) is -3.60. The lowest BCUT2D eigenvalue weighted by Gasteiger charge is -2.07. The van der Waals surface area contributed by atoms with Crippen molar-refractivity contribution in [2.24, 2.45) is 0 Å². The standard InChI is InChI=1S/C9H11NO4S/c11-9(12)6-7-15(13,14)10-8-4-2-1-3-5-8/h1-5,10H,6-7H2,(H,11,12)/p-1. The number of carboxylic acids is 1. The van der Waals surface area contributed by atoms with E-state index in [2.05, 4.69) is 4.72 Å². The van der Waals surface area contributed by atoms with Gasteiger partial charge in [0.05, 0.1) is 5.75 Å². The van der Waals surface area contributed by atoms with Crippen molar-refractivity contribution in [1.29, 1.82) is 0 Å². The van der Waals surface area contributed by atoms with Crippen LogP contribution in [0, 0.1) is 0 Å². The Labute approximate surface area is 87.8 Å². The molecule has 0 aromatic heterocycles. The Hall–Kier alpha value is -1.56. The first-order valence-electron chi connectivity index (χ1n) is 4.25. The van der Waals surface area contributed by atoms with Crippen LogP contribution >= 0.6 is 0 Å². The van der Waals surface area contributed by atoms with Gasteiger partial charge < -0.3 is 9.90 Å². The lowest BCUT2D eigenvalue weighted by atomic mass is 10.3. The number of carboxylic acid groups (broad SMARTS) is 1. The van der Waals surface area contributed by atoms with E-state index in [4.69, 9.17) is 0 Å². The van der Waals surface area contributed by atoms with Gasteiger partial charge in [-0.3, -0.25) is 4.72 Å². The van der Waals surface area contributed by atoms with Crippen molar-refractivity contribution in [3.05, 3.63) is 30.3 Å². The van der Waals surface area contributed by atoms with E-state index in [-0.39, 0.29) is 0 Å². The first-order valence-corrected chi connectivity index (χ1v) is 5.90. The Bertz CT molecular complexity index is 427. The molecular formula is C9H10NO4S-. The fraction of sp³-hybridized carbons (Fsp3) is 0.222. The van der Waals surface area contributed by atoms with E-state index < -0.39 is 28.2 Å². The molecule has 1 N–H and O–H groups in total. The second-order valence-corrected chi connectivity index (χ2v) is 4.75. The molecule has 0 aliphatic carbocycles. The van der Waals surface area contributed by atoms with Crippen molar-refractivity contribution in [3.63, 3.8) is 0 Å². The molecule has 0 atom stereocenters. The summed E-state index contributed by atoms with van der Waals surface area (Å²) < 4.78 is 24.9. The largest absolute Gasteiger partial charge is 0.550 e. The highest BCUT2D eigenvalue weighted by Crippen LogP contribution is 2.08. The lowest BCUT2D eigenvalue weighted by Crippen LogP contribution is -2.27. The van der Waals surface area contributed by atoms with Crippen LogP contribution in [0.2, 0.25) is 0 Å². The highest BCUT2D eigenvalue weighted by atomic mass is 32.2. The molecule has 0 bridgehead atoms. The van der Waals surface area contributed by atoms with Crippen LogP contribution in [0.25, 0.3) is 0 Å². The summed E-state index contributed by atoms with van der Waals surface area (Å²) >= 11 is 0. The van der Waals surface area contributed by atoms with E-state index in [0.717, 1.165) is 0 Å². The average molecular weight is 228 g/mol. The lowest BCUT2D eigenvalue weighted by molar-refractivity contribution is -0.305. The van der Waals surface area contributed by atoms with Crippen molar-refractivity contribution in [2.45, 2.75) is 6.42 Å². The summed E-state index contributed by atoms with van der Waals surface area (Å²) in [4.78, 5) is 10.1. The molecule has 15 heavy (non-hydrogen) atoms. The molecule has 0 radical (unpaired) electrons. The van der Waals surface area contributed by atoms with Gasteiger partial charge in [0.15, 0.2) is 0 Å². The number of hydrogen-bond donors (Lipinski definition) is 1. The number of anilines is 1. The maximum absolute atomic E-state index is 11.3. The Kier molecular flexibility index (Phi) is 3.68. The van der Waals surface area contributed by atoms with Crippen molar-refractivity contribution in [1.82, 2.24) is 0 Å². The Balaban J connectivity index is 2.61. The predicted molar refractivity (Wildman–Crippen MR) is 53.5 cm³/mol. The summed E-state index contributed by atoms with van der Waals surface area (Å²) in [6, 6.07) is 8.26. The van der Waals surface area contributed by atoms with Gasteiger partial charge in [0.1, 0.15) is 0 Å². The number of benzene rings is 1. The van der Waals surface area contributed by atoms with Gasteiger partial charge in [-0.05, 0) is 12.1 Å². The number of para-hydroxylation sites is 1. The van der Waals surface area contributed by atoms with Gasteiger partial charge in [-0.25, -0.2) is 8.42 Å². The van der Waals surface area contributed by atoms with Crippen molar-refractivity contribution >= 4 is 21.7 Å². The third-order valence-corrected chi connectivity index (χ3v) is 2.91. The highest BCUT2D eigenvalue weighted by molar-refractivity contribution is 7.92. The van der Waals surface area contributed by atoms with E-state index >= 15 is 0 Å². The molecule has 5 nitrogen and oxygen atoms in total. The third-order valence-electron chi connectivity index (χ3n) is 1.62. The third kappa shape index (κ3) is 4.46. The van der Waals surface area contributed by atoms with Gasteiger partial charge in [0, 0.05) is 18.1 Å². The molecular weight excluding hydrogens is 218 g/mol. The van der Waals surface area contributed by atoms with Crippen molar-refractivity contribution in [2.75, 3.05) is 10.5 Å². The number of rotatable bonds is 5. The fourth-order valence-electron chi connectivity index (χ4n) is 0.954. The number of carbonyl (C=O) groups excluding carboxylic acids is 1. The van der Waals surface area contributed by atoms with E-state index in [1.165, 1.54) is 0 Å². The molecule has 0 aliphatic heterocycles. The van der Waals surface area contributed by atoms with Gasteiger partial charge in [-0.2, -0.15) is 0 Å². The molecule has 1 aromatic carbocycles. The molecule has 1 rings (SSSR count). The monoisotopic (exact) mass is 228 g/mol. The smallest absolute Gasteiger partial charge is 0.233 e. The first kappa shape index (κ1) is 11.5. The Morgan fingerprint density at radius 2 is 1.87 bits per heavy atom. The second-order valence-electron chi connectivity index (χ2n) is 2.91. The number of nitrogens with one attached hydrogen (secondary N) is 1. The quantitative estimate of drug-likeness (QED) is 0.740. The molecule has 82 valence electrons. The minimum absolute atomic E-state index is 0.413. The molecule has 0 saturated carbocycles. The maximum Gasteiger partial charge on any atom is 0.233 e. The Morgan fingerprint density at radius 1 is 1.27 bits per heavy atom. The molecule has 0 amide bonds. The minimum Gasteiger partial charge on any atom is -0.550 e. The number of aliphatic carboxylic acids is 1. The molecule has 0 spiro atoms. The zero-order chi connectivity index (χ0) is 11.3. The van der Waals surface area contributed by atoms with Gasteiger partial charge in [0.25, 0.3) is 0 Å². The molecule has 0 heterocycles. The van der Waals surface area contributed by atoms with Crippen LogP contribution in [0.5, 0.6) is 0 Å². The highest BCUT2D eigenvalue weighted by Gasteiger charge is 2.09.